The maximum atomic E-state index is 12.1. The number of aliphatic hydroxyl groups is 1. The molecule has 0 fully saturated rings. The zero-order chi connectivity index (χ0) is 12.6. The molecule has 1 aromatic heterocycles. The zero-order valence-corrected chi connectivity index (χ0v) is 9.75. The van der Waals surface area contributed by atoms with Crippen LogP contribution in [0.3, 0.4) is 0 Å². The molecule has 90 valence electrons. The lowest BCUT2D eigenvalue weighted by Gasteiger charge is -2.26. The lowest BCUT2D eigenvalue weighted by molar-refractivity contribution is 0.0515. The quantitative estimate of drug-likeness (QED) is 0.781. The summed E-state index contributed by atoms with van der Waals surface area (Å²) in [4.78, 5) is 29.2. The van der Waals surface area contributed by atoms with E-state index in [0.29, 0.717) is 11.1 Å². The van der Waals surface area contributed by atoms with Crippen LogP contribution < -0.4 is 0 Å². The Morgan fingerprint density at radius 2 is 1.94 bits per heavy atom. The van der Waals surface area contributed by atoms with Gasteiger partial charge >= 0.3 is 0 Å². The van der Waals surface area contributed by atoms with Gasteiger partial charge in [-0.1, -0.05) is 6.92 Å². The van der Waals surface area contributed by atoms with E-state index >= 15 is 0 Å². The SMILES string of the molecule is CC(CO)C(C)N1C(=O)c2ccncc2C1=O. The topological polar surface area (TPSA) is 70.5 Å². The van der Waals surface area contributed by atoms with Crippen LogP contribution in [0, 0.1) is 5.92 Å². The first-order valence-electron chi connectivity index (χ1n) is 5.50. The fraction of sp³-hybridized carbons (Fsp3) is 0.417. The summed E-state index contributed by atoms with van der Waals surface area (Å²) in [5.41, 5.74) is 0.733. The Hall–Kier alpha value is -1.75. The van der Waals surface area contributed by atoms with Crippen LogP contribution in [-0.2, 0) is 0 Å². The smallest absolute Gasteiger partial charge is 0.263 e. The third-order valence-corrected chi connectivity index (χ3v) is 3.24. The fourth-order valence-corrected chi connectivity index (χ4v) is 1.88. The third-order valence-electron chi connectivity index (χ3n) is 3.24. The van der Waals surface area contributed by atoms with Crippen molar-refractivity contribution in [1.29, 1.82) is 0 Å². The van der Waals surface area contributed by atoms with Crippen LogP contribution in [0.25, 0.3) is 0 Å². The molecule has 1 aliphatic heterocycles. The fourth-order valence-electron chi connectivity index (χ4n) is 1.88. The normalized spacial score (nSPS) is 18.2. The van der Waals surface area contributed by atoms with Crippen molar-refractivity contribution in [3.63, 3.8) is 0 Å². The number of hydrogen-bond acceptors (Lipinski definition) is 4. The number of carbonyl (C=O) groups is 2. The second-order valence-electron chi connectivity index (χ2n) is 4.30. The van der Waals surface area contributed by atoms with Crippen LogP contribution in [0.15, 0.2) is 18.5 Å². The van der Waals surface area contributed by atoms with Gasteiger partial charge in [0.05, 0.1) is 11.1 Å². The van der Waals surface area contributed by atoms with Gasteiger partial charge in [0, 0.05) is 25.0 Å². The first kappa shape index (κ1) is 11.7. The van der Waals surface area contributed by atoms with Crippen molar-refractivity contribution >= 4 is 11.8 Å². The summed E-state index contributed by atoms with van der Waals surface area (Å²) in [6.45, 7) is 3.50. The number of fused-ring (bicyclic) bond motifs is 1. The second kappa shape index (κ2) is 4.25. The van der Waals surface area contributed by atoms with E-state index in [1.54, 1.807) is 19.9 Å². The summed E-state index contributed by atoms with van der Waals surface area (Å²) in [5.74, 6) is -0.781. The average Bonchev–Trinajstić information content (AvgIpc) is 2.61. The van der Waals surface area contributed by atoms with Gasteiger partial charge in [0.25, 0.3) is 11.8 Å². The van der Waals surface area contributed by atoms with E-state index < -0.39 is 0 Å². The predicted octanol–water partition coefficient (Wildman–Crippen LogP) is 0.695. The lowest BCUT2D eigenvalue weighted by Crippen LogP contribution is -2.42. The number of rotatable bonds is 3. The van der Waals surface area contributed by atoms with Gasteiger partial charge in [-0.25, -0.2) is 0 Å². The molecule has 0 aromatic carbocycles. The molecular weight excluding hydrogens is 220 g/mol. The minimum absolute atomic E-state index is 0.0627. The largest absolute Gasteiger partial charge is 0.396 e. The Bertz CT molecular complexity index is 438. The summed E-state index contributed by atoms with van der Waals surface area (Å²) in [6.07, 6.45) is 2.90. The molecule has 2 unspecified atom stereocenters. The molecule has 2 atom stereocenters. The number of pyridine rings is 1. The molecule has 0 radical (unpaired) electrons. The van der Waals surface area contributed by atoms with Crippen molar-refractivity contribution in [3.05, 3.63) is 29.6 Å². The van der Waals surface area contributed by atoms with Crippen molar-refractivity contribution < 1.29 is 14.7 Å². The third kappa shape index (κ3) is 1.72. The number of carbonyl (C=O) groups excluding carboxylic acids is 2. The Labute approximate surface area is 99.1 Å². The van der Waals surface area contributed by atoms with Crippen LogP contribution >= 0.6 is 0 Å². The van der Waals surface area contributed by atoms with Crippen LogP contribution in [0.1, 0.15) is 34.6 Å². The van der Waals surface area contributed by atoms with Crippen LogP contribution in [-0.4, -0.2) is 39.5 Å². The minimum atomic E-state index is -0.328. The molecule has 0 aliphatic carbocycles. The monoisotopic (exact) mass is 234 g/mol. The number of aromatic nitrogens is 1. The summed E-state index contributed by atoms with van der Waals surface area (Å²) in [7, 11) is 0. The summed E-state index contributed by atoms with van der Waals surface area (Å²) >= 11 is 0. The molecule has 0 saturated carbocycles. The maximum absolute atomic E-state index is 12.1. The van der Waals surface area contributed by atoms with Gasteiger partial charge in [0.1, 0.15) is 0 Å². The van der Waals surface area contributed by atoms with Crippen molar-refractivity contribution in [2.45, 2.75) is 19.9 Å². The van der Waals surface area contributed by atoms with Crippen LogP contribution in [0.4, 0.5) is 0 Å². The van der Waals surface area contributed by atoms with E-state index in [-0.39, 0.29) is 30.4 Å². The molecule has 1 aliphatic rings. The van der Waals surface area contributed by atoms with Crippen molar-refractivity contribution in [3.8, 4) is 0 Å². The highest BCUT2D eigenvalue weighted by molar-refractivity contribution is 6.21. The molecule has 5 nitrogen and oxygen atoms in total. The molecule has 2 heterocycles. The predicted molar refractivity (Wildman–Crippen MR) is 60.4 cm³/mol. The molecule has 17 heavy (non-hydrogen) atoms. The Balaban J connectivity index is 2.36. The van der Waals surface area contributed by atoms with Crippen molar-refractivity contribution in [2.75, 3.05) is 6.61 Å². The Morgan fingerprint density at radius 1 is 1.29 bits per heavy atom. The summed E-state index contributed by atoms with van der Waals surface area (Å²) < 4.78 is 0. The highest BCUT2D eigenvalue weighted by atomic mass is 16.3. The van der Waals surface area contributed by atoms with Gasteiger partial charge in [-0.2, -0.15) is 0 Å². The van der Waals surface area contributed by atoms with E-state index in [4.69, 9.17) is 5.11 Å². The molecule has 0 bridgehead atoms. The molecule has 0 spiro atoms. The summed E-state index contributed by atoms with van der Waals surface area (Å²) in [6, 6.07) is 1.22. The number of amides is 2. The highest BCUT2D eigenvalue weighted by Gasteiger charge is 2.39. The van der Waals surface area contributed by atoms with Gasteiger partial charge in [-0.3, -0.25) is 19.5 Å². The average molecular weight is 234 g/mol. The molecule has 2 amide bonds. The maximum Gasteiger partial charge on any atom is 0.263 e. The van der Waals surface area contributed by atoms with E-state index in [0.717, 1.165) is 0 Å². The molecule has 0 saturated heterocycles. The molecular formula is C12H14N2O3. The Kier molecular flexibility index (Phi) is 2.93. The van der Waals surface area contributed by atoms with Crippen LogP contribution in [0.2, 0.25) is 0 Å². The first-order valence-corrected chi connectivity index (χ1v) is 5.50. The lowest BCUT2D eigenvalue weighted by atomic mass is 10.0. The van der Waals surface area contributed by atoms with Crippen molar-refractivity contribution in [2.24, 2.45) is 5.92 Å². The standard InChI is InChI=1S/C12H14N2O3/c1-7(6-15)8(2)14-11(16)9-3-4-13-5-10(9)12(14)17/h3-5,7-8,15H,6H2,1-2H3. The van der Waals surface area contributed by atoms with E-state index in [9.17, 15) is 9.59 Å². The number of imide groups is 1. The molecule has 5 heteroatoms. The molecule has 1 N–H and O–H groups in total. The highest BCUT2D eigenvalue weighted by Crippen LogP contribution is 2.25. The van der Waals surface area contributed by atoms with Gasteiger partial charge < -0.3 is 5.11 Å². The number of aliphatic hydroxyl groups excluding tert-OH is 1. The minimum Gasteiger partial charge on any atom is -0.396 e. The van der Waals surface area contributed by atoms with Gasteiger partial charge in [0.15, 0.2) is 0 Å². The number of hydrogen-bond donors (Lipinski definition) is 1. The molecule has 2 rings (SSSR count). The second-order valence-corrected chi connectivity index (χ2v) is 4.30. The van der Waals surface area contributed by atoms with E-state index in [1.807, 2.05) is 0 Å². The number of nitrogens with zero attached hydrogens (tertiary/aromatic N) is 2. The zero-order valence-electron chi connectivity index (χ0n) is 9.75. The van der Waals surface area contributed by atoms with E-state index in [1.165, 1.54) is 17.3 Å². The van der Waals surface area contributed by atoms with Crippen LogP contribution in [0.5, 0.6) is 0 Å². The van der Waals surface area contributed by atoms with Gasteiger partial charge in [0.2, 0.25) is 0 Å². The summed E-state index contributed by atoms with van der Waals surface area (Å²) in [5, 5.41) is 9.09. The first-order chi connectivity index (χ1) is 8.07. The van der Waals surface area contributed by atoms with Gasteiger partial charge in [-0.05, 0) is 18.9 Å². The Morgan fingerprint density at radius 3 is 2.53 bits per heavy atom. The van der Waals surface area contributed by atoms with Crippen molar-refractivity contribution in [1.82, 2.24) is 9.88 Å². The van der Waals surface area contributed by atoms with Gasteiger partial charge in [-0.15, -0.1) is 0 Å². The van der Waals surface area contributed by atoms with E-state index in [2.05, 4.69) is 4.98 Å². The molecule has 1 aromatic rings.